The molecule has 7 heteroatoms. The van der Waals surface area contributed by atoms with E-state index in [0.717, 1.165) is 10.2 Å². The molecule has 0 spiro atoms. The molecule has 0 bridgehead atoms. The van der Waals surface area contributed by atoms with E-state index in [1.165, 1.54) is 0 Å². The van der Waals surface area contributed by atoms with Gasteiger partial charge < -0.3 is 5.32 Å². The number of rotatable bonds is 2. The summed E-state index contributed by atoms with van der Waals surface area (Å²) < 4.78 is 2.53. The highest BCUT2D eigenvalue weighted by Crippen LogP contribution is 2.35. The summed E-state index contributed by atoms with van der Waals surface area (Å²) in [4.78, 5) is 12.3. The molecular formula is C18H10BrN5O. The Balaban J connectivity index is 1.76. The van der Waals surface area contributed by atoms with Gasteiger partial charge in [0.05, 0.1) is 28.7 Å². The van der Waals surface area contributed by atoms with Crippen molar-refractivity contribution in [2.24, 2.45) is 0 Å². The Morgan fingerprint density at radius 2 is 2.04 bits per heavy atom. The fourth-order valence-electron chi connectivity index (χ4n) is 2.70. The van der Waals surface area contributed by atoms with Gasteiger partial charge in [-0.3, -0.25) is 4.79 Å². The molecule has 2 aromatic carbocycles. The van der Waals surface area contributed by atoms with Crippen molar-refractivity contribution in [1.82, 2.24) is 15.0 Å². The Morgan fingerprint density at radius 1 is 1.20 bits per heavy atom. The number of fused-ring (bicyclic) bond motifs is 1. The lowest BCUT2D eigenvalue weighted by Gasteiger charge is -2.01. The van der Waals surface area contributed by atoms with Crippen LogP contribution in [0.25, 0.3) is 17.3 Å². The molecule has 1 N–H and O–H groups in total. The number of nitriles is 1. The molecule has 1 aliphatic heterocycles. The van der Waals surface area contributed by atoms with Crippen molar-refractivity contribution in [3.63, 3.8) is 0 Å². The molecule has 4 rings (SSSR count). The maximum absolute atomic E-state index is 12.3. The first-order chi connectivity index (χ1) is 12.2. The number of hydrogen-bond acceptors (Lipinski definition) is 4. The summed E-state index contributed by atoms with van der Waals surface area (Å²) in [6.07, 6.45) is 3.41. The number of halogens is 1. The summed E-state index contributed by atoms with van der Waals surface area (Å²) in [7, 11) is 0. The van der Waals surface area contributed by atoms with Crippen molar-refractivity contribution in [2.45, 2.75) is 0 Å². The van der Waals surface area contributed by atoms with Gasteiger partial charge in [0.2, 0.25) is 0 Å². The van der Waals surface area contributed by atoms with Gasteiger partial charge in [-0.05, 0) is 40.2 Å². The summed E-state index contributed by atoms with van der Waals surface area (Å²) in [6, 6.07) is 15.0. The van der Waals surface area contributed by atoms with Crippen molar-refractivity contribution in [3.05, 3.63) is 70.0 Å². The van der Waals surface area contributed by atoms with Crippen molar-refractivity contribution in [1.29, 1.82) is 5.26 Å². The minimum atomic E-state index is -0.256. The maximum atomic E-state index is 12.3. The van der Waals surface area contributed by atoms with Gasteiger partial charge >= 0.3 is 0 Å². The monoisotopic (exact) mass is 391 g/mol. The van der Waals surface area contributed by atoms with Crippen molar-refractivity contribution in [3.8, 4) is 11.8 Å². The number of nitrogens with one attached hydrogen (secondary N) is 1. The fraction of sp³-hybridized carbons (Fsp3) is 0. The van der Waals surface area contributed by atoms with Gasteiger partial charge in [-0.15, -0.1) is 5.10 Å². The first kappa shape index (κ1) is 15.3. The standard InChI is InChI=1S/C18H10BrN5O/c19-15-6-1-2-7-16(15)24-10-12(22-23-24)8-14-13-5-3-4-11(9-20)17(13)21-18(14)25/h1-8,10H,(H,21,25)/b14-8-. The van der Waals surface area contributed by atoms with E-state index < -0.39 is 0 Å². The largest absolute Gasteiger partial charge is 0.320 e. The summed E-state index contributed by atoms with van der Waals surface area (Å²) in [5, 5.41) is 20.1. The van der Waals surface area contributed by atoms with Gasteiger partial charge in [-0.25, -0.2) is 4.68 Å². The first-order valence-electron chi connectivity index (χ1n) is 7.41. The Morgan fingerprint density at radius 3 is 2.84 bits per heavy atom. The molecule has 1 aliphatic rings. The van der Waals surface area contributed by atoms with Crippen LogP contribution in [-0.4, -0.2) is 20.9 Å². The van der Waals surface area contributed by atoms with E-state index in [0.29, 0.717) is 28.1 Å². The second-order valence-corrected chi connectivity index (χ2v) is 6.25. The Bertz CT molecular complexity index is 1080. The smallest absolute Gasteiger partial charge is 0.256 e. The third kappa shape index (κ3) is 2.62. The van der Waals surface area contributed by atoms with Crippen molar-refractivity contribution >= 4 is 39.2 Å². The molecule has 6 nitrogen and oxygen atoms in total. The highest BCUT2D eigenvalue weighted by Gasteiger charge is 2.26. The van der Waals surface area contributed by atoms with Crippen LogP contribution in [0, 0.1) is 11.3 Å². The van der Waals surface area contributed by atoms with Crippen LogP contribution in [0.4, 0.5) is 5.69 Å². The summed E-state index contributed by atoms with van der Waals surface area (Å²) in [5.74, 6) is -0.256. The summed E-state index contributed by atoms with van der Waals surface area (Å²) >= 11 is 3.48. The van der Waals surface area contributed by atoms with E-state index in [4.69, 9.17) is 5.26 Å². The predicted octanol–water partition coefficient (Wildman–Crippen LogP) is 3.39. The zero-order valence-corrected chi connectivity index (χ0v) is 14.4. The lowest BCUT2D eigenvalue weighted by Crippen LogP contribution is -2.04. The normalized spacial score (nSPS) is 14.2. The van der Waals surface area contributed by atoms with Crippen LogP contribution < -0.4 is 5.32 Å². The molecule has 0 saturated carbocycles. The van der Waals surface area contributed by atoms with Crippen LogP contribution in [0.2, 0.25) is 0 Å². The van der Waals surface area contributed by atoms with Crippen LogP contribution in [-0.2, 0) is 4.79 Å². The van der Waals surface area contributed by atoms with Gasteiger partial charge in [-0.1, -0.05) is 29.5 Å². The maximum Gasteiger partial charge on any atom is 0.256 e. The van der Waals surface area contributed by atoms with Crippen molar-refractivity contribution in [2.75, 3.05) is 5.32 Å². The van der Waals surface area contributed by atoms with Crippen LogP contribution in [0.3, 0.4) is 0 Å². The lowest BCUT2D eigenvalue weighted by atomic mass is 10.0. The van der Waals surface area contributed by atoms with Gasteiger partial charge in [-0.2, -0.15) is 5.26 Å². The molecule has 1 aromatic heterocycles. The Kier molecular flexibility index (Phi) is 3.67. The third-order valence-electron chi connectivity index (χ3n) is 3.86. The molecule has 0 saturated heterocycles. The second-order valence-electron chi connectivity index (χ2n) is 5.39. The highest BCUT2D eigenvalue weighted by atomic mass is 79.9. The van der Waals surface area contributed by atoms with Gasteiger partial charge in [0.15, 0.2) is 0 Å². The molecule has 120 valence electrons. The minimum absolute atomic E-state index is 0.256. The fourth-order valence-corrected chi connectivity index (χ4v) is 3.16. The SMILES string of the molecule is N#Cc1cccc2c1NC(=O)/C2=C\c1cn(-c2ccccc2Br)nn1. The minimum Gasteiger partial charge on any atom is -0.320 e. The molecule has 3 aromatic rings. The number of amides is 1. The number of hydrogen-bond donors (Lipinski definition) is 1. The average molecular weight is 392 g/mol. The molecule has 0 radical (unpaired) electrons. The lowest BCUT2D eigenvalue weighted by molar-refractivity contribution is -0.110. The number of benzene rings is 2. The van der Waals surface area contributed by atoms with Crippen molar-refractivity contribution < 1.29 is 4.79 Å². The second kappa shape index (κ2) is 6.00. The zero-order valence-electron chi connectivity index (χ0n) is 12.8. The molecule has 1 amide bonds. The Labute approximate surface area is 151 Å². The zero-order chi connectivity index (χ0) is 17.4. The number of carbonyl (C=O) groups excluding carboxylic acids is 1. The molecule has 0 aliphatic carbocycles. The number of anilines is 1. The number of para-hydroxylation sites is 2. The average Bonchev–Trinajstić information content (AvgIpc) is 3.20. The van der Waals surface area contributed by atoms with Crippen LogP contribution in [0.5, 0.6) is 0 Å². The number of carbonyl (C=O) groups is 1. The van der Waals surface area contributed by atoms with E-state index in [2.05, 4.69) is 37.6 Å². The van der Waals surface area contributed by atoms with Crippen LogP contribution in [0.15, 0.2) is 53.1 Å². The third-order valence-corrected chi connectivity index (χ3v) is 4.53. The van der Waals surface area contributed by atoms with E-state index in [-0.39, 0.29) is 5.91 Å². The summed E-state index contributed by atoms with van der Waals surface area (Å²) in [6.45, 7) is 0. The van der Waals surface area contributed by atoms with E-state index >= 15 is 0 Å². The molecular weight excluding hydrogens is 382 g/mol. The predicted molar refractivity (Wildman–Crippen MR) is 96.7 cm³/mol. The molecule has 2 heterocycles. The van der Waals surface area contributed by atoms with Gasteiger partial charge in [0, 0.05) is 10.0 Å². The van der Waals surface area contributed by atoms with Gasteiger partial charge in [0.1, 0.15) is 11.8 Å². The molecule has 25 heavy (non-hydrogen) atoms. The number of aromatic nitrogens is 3. The molecule has 0 atom stereocenters. The Hall–Kier alpha value is -3.24. The number of nitrogens with zero attached hydrogens (tertiary/aromatic N) is 4. The highest BCUT2D eigenvalue weighted by molar-refractivity contribution is 9.10. The summed E-state index contributed by atoms with van der Waals surface area (Å²) in [5.41, 5.74) is 3.54. The quantitative estimate of drug-likeness (QED) is 0.678. The van der Waals surface area contributed by atoms with Crippen LogP contribution >= 0.6 is 15.9 Å². The molecule has 0 unspecified atom stereocenters. The molecule has 0 fully saturated rings. The van der Waals surface area contributed by atoms with E-state index in [9.17, 15) is 4.79 Å². The van der Waals surface area contributed by atoms with E-state index in [1.807, 2.05) is 24.3 Å². The van der Waals surface area contributed by atoms with Gasteiger partial charge in [0.25, 0.3) is 5.91 Å². The first-order valence-corrected chi connectivity index (χ1v) is 8.20. The van der Waals surface area contributed by atoms with Crippen LogP contribution in [0.1, 0.15) is 16.8 Å². The van der Waals surface area contributed by atoms with E-state index in [1.54, 1.807) is 35.2 Å². The topological polar surface area (TPSA) is 83.6 Å².